The largest absolute Gasteiger partial charge is 0.478 e. The molecule has 0 unspecified atom stereocenters. The molecule has 9 heteroatoms. The van der Waals surface area contributed by atoms with Crippen LogP contribution in [0.2, 0.25) is 0 Å². The van der Waals surface area contributed by atoms with Crippen LogP contribution < -0.4 is 15.5 Å². The maximum Gasteiger partial charge on any atom is 0.335 e. The van der Waals surface area contributed by atoms with Crippen molar-refractivity contribution in [1.29, 1.82) is 0 Å². The number of hydrogen-bond acceptors (Lipinski definition) is 5. The Bertz CT molecular complexity index is 1270. The number of carboxylic acid groups (broad SMARTS) is 1. The Morgan fingerprint density at radius 2 is 1.61 bits per heavy atom. The fourth-order valence-corrected chi connectivity index (χ4v) is 4.11. The average Bonchev–Trinajstić information content (AvgIpc) is 2.86. The lowest BCUT2D eigenvalue weighted by molar-refractivity contribution is -0.117. The first-order valence-electron chi connectivity index (χ1n) is 11.6. The van der Waals surface area contributed by atoms with Gasteiger partial charge in [-0.25, -0.2) is 9.18 Å². The Kier molecular flexibility index (Phi) is 7.60. The maximum absolute atomic E-state index is 13.1. The molecule has 0 radical (unpaired) electrons. The van der Waals surface area contributed by atoms with E-state index in [9.17, 15) is 23.9 Å². The van der Waals surface area contributed by atoms with Crippen molar-refractivity contribution in [3.8, 4) is 0 Å². The van der Waals surface area contributed by atoms with E-state index in [1.165, 1.54) is 36.4 Å². The fraction of sp³-hybridized carbons (Fsp3) is 0.222. The van der Waals surface area contributed by atoms with Gasteiger partial charge in [0.1, 0.15) is 5.82 Å². The van der Waals surface area contributed by atoms with Crippen LogP contribution in [0.25, 0.3) is 0 Å². The Labute approximate surface area is 208 Å². The number of benzene rings is 3. The van der Waals surface area contributed by atoms with Crippen LogP contribution in [0.1, 0.15) is 26.3 Å². The van der Waals surface area contributed by atoms with Gasteiger partial charge in [-0.3, -0.25) is 14.5 Å². The number of carboxylic acids is 1. The van der Waals surface area contributed by atoms with Crippen LogP contribution in [0.3, 0.4) is 0 Å². The number of piperazine rings is 1. The van der Waals surface area contributed by atoms with E-state index in [2.05, 4.69) is 15.5 Å². The zero-order valence-electron chi connectivity index (χ0n) is 19.8. The summed E-state index contributed by atoms with van der Waals surface area (Å²) in [6.07, 6.45) is 0. The summed E-state index contributed by atoms with van der Waals surface area (Å²) in [4.78, 5) is 40.9. The molecule has 0 spiro atoms. The van der Waals surface area contributed by atoms with Crippen molar-refractivity contribution in [3.05, 3.63) is 89.2 Å². The highest BCUT2D eigenvalue weighted by Gasteiger charge is 2.23. The summed E-state index contributed by atoms with van der Waals surface area (Å²) in [7, 11) is 0. The van der Waals surface area contributed by atoms with Crippen molar-refractivity contribution in [1.82, 2.24) is 4.90 Å². The molecule has 0 atom stereocenters. The van der Waals surface area contributed by atoms with Crippen LogP contribution in [0.5, 0.6) is 0 Å². The third kappa shape index (κ3) is 6.25. The van der Waals surface area contributed by atoms with E-state index < -0.39 is 5.97 Å². The van der Waals surface area contributed by atoms with Crippen LogP contribution in [0, 0.1) is 12.7 Å². The molecule has 0 aliphatic carbocycles. The molecular weight excluding hydrogens is 463 g/mol. The molecule has 4 rings (SSSR count). The number of aromatic carboxylic acids is 1. The number of nitrogens with zero attached hydrogens (tertiary/aromatic N) is 2. The maximum atomic E-state index is 13.1. The molecule has 0 bridgehead atoms. The van der Waals surface area contributed by atoms with Crippen LogP contribution >= 0.6 is 0 Å². The molecule has 0 aromatic heterocycles. The molecular formula is C27H27FN4O4. The number of amides is 2. The van der Waals surface area contributed by atoms with E-state index in [4.69, 9.17) is 0 Å². The van der Waals surface area contributed by atoms with Crippen molar-refractivity contribution >= 4 is 34.8 Å². The van der Waals surface area contributed by atoms with Gasteiger partial charge in [-0.2, -0.15) is 0 Å². The number of carbonyl (C=O) groups excluding carboxylic acids is 2. The van der Waals surface area contributed by atoms with Crippen molar-refractivity contribution in [2.24, 2.45) is 0 Å². The lowest BCUT2D eigenvalue weighted by atomic mass is 10.1. The van der Waals surface area contributed by atoms with Crippen molar-refractivity contribution in [3.63, 3.8) is 0 Å². The predicted octanol–water partition coefficient (Wildman–Crippen LogP) is 3.85. The Hall–Kier alpha value is -4.24. The molecule has 0 saturated carbocycles. The van der Waals surface area contributed by atoms with E-state index in [1.807, 2.05) is 17.9 Å². The molecule has 3 aromatic rings. The monoisotopic (exact) mass is 490 g/mol. The van der Waals surface area contributed by atoms with Gasteiger partial charge in [0, 0.05) is 37.4 Å². The van der Waals surface area contributed by atoms with Gasteiger partial charge in [-0.1, -0.05) is 17.7 Å². The minimum atomic E-state index is -1.08. The molecule has 36 heavy (non-hydrogen) atoms. The highest BCUT2D eigenvalue weighted by atomic mass is 19.1. The highest BCUT2D eigenvalue weighted by molar-refractivity contribution is 6.07. The number of hydrogen-bond donors (Lipinski definition) is 3. The number of nitrogens with one attached hydrogen (secondary N) is 2. The summed E-state index contributed by atoms with van der Waals surface area (Å²) in [6, 6.07) is 17.5. The van der Waals surface area contributed by atoms with Crippen LogP contribution in [0.4, 0.5) is 21.5 Å². The normalized spacial score (nSPS) is 13.8. The van der Waals surface area contributed by atoms with Gasteiger partial charge in [0.05, 0.1) is 23.5 Å². The zero-order valence-corrected chi connectivity index (χ0v) is 19.8. The summed E-state index contributed by atoms with van der Waals surface area (Å²) in [5.41, 5.74) is 3.18. The minimum Gasteiger partial charge on any atom is -0.478 e. The van der Waals surface area contributed by atoms with Crippen molar-refractivity contribution < 1.29 is 23.9 Å². The van der Waals surface area contributed by atoms with Crippen LogP contribution in [0.15, 0.2) is 66.7 Å². The number of halogens is 1. The van der Waals surface area contributed by atoms with Gasteiger partial charge in [0.2, 0.25) is 5.91 Å². The third-order valence-corrected chi connectivity index (χ3v) is 5.98. The van der Waals surface area contributed by atoms with E-state index in [-0.39, 0.29) is 29.7 Å². The first-order valence-corrected chi connectivity index (χ1v) is 11.6. The fourth-order valence-electron chi connectivity index (χ4n) is 4.11. The van der Waals surface area contributed by atoms with E-state index in [1.54, 1.807) is 24.3 Å². The number of rotatable bonds is 7. The van der Waals surface area contributed by atoms with E-state index in [0.717, 1.165) is 11.3 Å². The molecule has 1 aliphatic rings. The molecule has 3 aromatic carbocycles. The highest BCUT2D eigenvalue weighted by Crippen LogP contribution is 2.29. The summed E-state index contributed by atoms with van der Waals surface area (Å²) in [6.45, 7) is 4.46. The molecule has 1 saturated heterocycles. The van der Waals surface area contributed by atoms with Crippen LogP contribution in [-0.2, 0) is 4.79 Å². The van der Waals surface area contributed by atoms with Gasteiger partial charge >= 0.3 is 5.97 Å². The van der Waals surface area contributed by atoms with Gasteiger partial charge in [0.25, 0.3) is 5.91 Å². The average molecular weight is 491 g/mol. The smallest absolute Gasteiger partial charge is 0.335 e. The number of aryl methyl sites for hydroxylation is 1. The lowest BCUT2D eigenvalue weighted by Gasteiger charge is -2.36. The quantitative estimate of drug-likeness (QED) is 0.465. The summed E-state index contributed by atoms with van der Waals surface area (Å²) in [5.74, 6) is -1.95. The predicted molar refractivity (Wildman–Crippen MR) is 136 cm³/mol. The molecule has 186 valence electrons. The third-order valence-electron chi connectivity index (χ3n) is 5.98. The Balaban J connectivity index is 1.42. The second-order valence-corrected chi connectivity index (χ2v) is 8.68. The number of anilines is 3. The first kappa shape index (κ1) is 24.9. The Morgan fingerprint density at radius 3 is 2.28 bits per heavy atom. The summed E-state index contributed by atoms with van der Waals surface area (Å²) in [5, 5.41) is 15.1. The minimum absolute atomic E-state index is 0.0781. The van der Waals surface area contributed by atoms with Gasteiger partial charge in [-0.05, 0) is 61.5 Å². The molecule has 2 amide bonds. The molecule has 8 nitrogen and oxygen atoms in total. The van der Waals surface area contributed by atoms with Gasteiger partial charge in [0.15, 0.2) is 0 Å². The van der Waals surface area contributed by atoms with E-state index in [0.29, 0.717) is 43.1 Å². The zero-order chi connectivity index (χ0) is 25.7. The molecule has 3 N–H and O–H groups in total. The molecule has 1 fully saturated rings. The SMILES string of the molecule is Cc1cccc(C(=O)Nc2cc(C(=O)O)ccc2N2CCN(CC(=O)Nc3ccc(F)cc3)CC2)c1. The lowest BCUT2D eigenvalue weighted by Crippen LogP contribution is -2.48. The summed E-state index contributed by atoms with van der Waals surface area (Å²) >= 11 is 0. The van der Waals surface area contributed by atoms with Crippen LogP contribution in [-0.4, -0.2) is 60.5 Å². The Morgan fingerprint density at radius 1 is 0.889 bits per heavy atom. The second-order valence-electron chi connectivity index (χ2n) is 8.68. The standard InChI is InChI=1S/C27H27FN4O4/c1-18-3-2-4-19(15-18)26(34)30-23-16-20(27(35)36)5-10-24(23)32-13-11-31(12-14-32)17-25(33)29-22-8-6-21(28)7-9-22/h2-10,15-16H,11-14,17H2,1H3,(H,29,33)(H,30,34)(H,35,36). The molecule has 1 heterocycles. The topological polar surface area (TPSA) is 102 Å². The summed E-state index contributed by atoms with van der Waals surface area (Å²) < 4.78 is 13.1. The van der Waals surface area contributed by atoms with E-state index >= 15 is 0 Å². The second kappa shape index (κ2) is 11.0. The van der Waals surface area contributed by atoms with Crippen molar-refractivity contribution in [2.45, 2.75) is 6.92 Å². The number of carbonyl (C=O) groups is 3. The van der Waals surface area contributed by atoms with Gasteiger partial charge < -0.3 is 20.6 Å². The molecule has 1 aliphatic heterocycles. The first-order chi connectivity index (χ1) is 17.3. The van der Waals surface area contributed by atoms with Gasteiger partial charge in [-0.15, -0.1) is 0 Å². The van der Waals surface area contributed by atoms with Crippen molar-refractivity contribution in [2.75, 3.05) is 48.3 Å².